The average Bonchev–Trinajstić information content (AvgIpc) is 2.98. The first-order chi connectivity index (χ1) is 14.5. The summed E-state index contributed by atoms with van der Waals surface area (Å²) >= 11 is 0. The summed E-state index contributed by atoms with van der Waals surface area (Å²) in [7, 11) is 1.57. The van der Waals surface area contributed by atoms with E-state index in [4.69, 9.17) is 5.73 Å². The number of amides is 2. The Balaban J connectivity index is 1.89. The van der Waals surface area contributed by atoms with Crippen LogP contribution in [0.3, 0.4) is 0 Å². The Morgan fingerprint density at radius 2 is 2.16 bits per heavy atom. The molecule has 0 radical (unpaired) electrons. The molecule has 2 amide bonds. The summed E-state index contributed by atoms with van der Waals surface area (Å²) in [4.78, 5) is 33.1. The van der Waals surface area contributed by atoms with Gasteiger partial charge in [-0.15, -0.1) is 0 Å². The van der Waals surface area contributed by atoms with Gasteiger partial charge in [-0.2, -0.15) is 13.2 Å². The van der Waals surface area contributed by atoms with Gasteiger partial charge >= 0.3 is 6.18 Å². The second-order valence-corrected chi connectivity index (χ2v) is 6.96. The van der Waals surface area contributed by atoms with Gasteiger partial charge < -0.3 is 21.1 Å². The highest BCUT2D eigenvalue weighted by atomic mass is 19.4. The van der Waals surface area contributed by atoms with E-state index in [2.05, 4.69) is 27.1 Å². The molecule has 1 atom stereocenters. The zero-order chi connectivity index (χ0) is 22.8. The van der Waals surface area contributed by atoms with E-state index < -0.39 is 30.1 Å². The Labute approximate surface area is 175 Å². The summed E-state index contributed by atoms with van der Waals surface area (Å²) in [6.07, 6.45) is -3.27. The second kappa shape index (κ2) is 8.23. The van der Waals surface area contributed by atoms with Gasteiger partial charge in [0.15, 0.2) is 11.5 Å². The highest BCUT2D eigenvalue weighted by Gasteiger charge is 2.42. The van der Waals surface area contributed by atoms with Crippen molar-refractivity contribution < 1.29 is 27.9 Å². The molecule has 1 saturated heterocycles. The van der Waals surface area contributed by atoms with E-state index in [0.29, 0.717) is 17.7 Å². The Hall–Kier alpha value is -3.65. The standard InChI is InChI=1S/C20H18F3N5O3/c1-28-8-7-19(31,18(28)30)6-5-12-3-2-4-13(9-12)17-25-10-14(15(27-17)16(24)29)26-11-20(21,22)23/h2-4,9-10,26,31H,7-8,11H2,1H3,(H2,24,29)/t19-/m0/s1. The maximum absolute atomic E-state index is 12.4. The number of carbonyl (C=O) groups is 2. The number of halogens is 3. The van der Waals surface area contributed by atoms with Crippen molar-refractivity contribution in [2.75, 3.05) is 25.5 Å². The molecule has 0 aliphatic carbocycles. The van der Waals surface area contributed by atoms with Crippen molar-refractivity contribution in [3.05, 3.63) is 41.7 Å². The number of alkyl halides is 3. The lowest BCUT2D eigenvalue weighted by atomic mass is 10.0. The van der Waals surface area contributed by atoms with Crippen LogP contribution < -0.4 is 11.1 Å². The minimum absolute atomic E-state index is 0.0467. The number of aromatic nitrogens is 2. The van der Waals surface area contributed by atoms with Crippen molar-refractivity contribution >= 4 is 17.5 Å². The number of rotatable bonds is 4. The number of likely N-dealkylation sites (tertiary alicyclic amines) is 1. The molecular weight excluding hydrogens is 415 g/mol. The topological polar surface area (TPSA) is 121 Å². The van der Waals surface area contributed by atoms with Crippen LogP contribution in [0.15, 0.2) is 30.5 Å². The largest absolute Gasteiger partial charge is 0.405 e. The Bertz CT molecular complexity index is 1090. The number of likely N-dealkylation sites (N-methyl/N-ethyl adjacent to an activating group) is 1. The van der Waals surface area contributed by atoms with Crippen LogP contribution in [-0.4, -0.2) is 63.7 Å². The Kier molecular flexibility index (Phi) is 5.85. The van der Waals surface area contributed by atoms with Crippen molar-refractivity contribution in [1.29, 1.82) is 0 Å². The SMILES string of the molecule is CN1CC[C@@](O)(C#Cc2cccc(-c3ncc(NCC(F)(F)F)c(C(N)=O)n3)c2)C1=O. The lowest BCUT2D eigenvalue weighted by Crippen LogP contribution is -2.37. The normalized spacial score (nSPS) is 18.5. The minimum Gasteiger partial charge on any atom is -0.373 e. The Morgan fingerprint density at radius 1 is 1.42 bits per heavy atom. The molecule has 2 heterocycles. The van der Waals surface area contributed by atoms with Gasteiger partial charge in [-0.25, -0.2) is 9.97 Å². The first-order valence-corrected chi connectivity index (χ1v) is 9.07. The average molecular weight is 433 g/mol. The number of anilines is 1. The van der Waals surface area contributed by atoms with Crippen LogP contribution in [0.2, 0.25) is 0 Å². The molecule has 4 N–H and O–H groups in total. The Morgan fingerprint density at radius 3 is 2.77 bits per heavy atom. The number of benzene rings is 1. The molecule has 0 bridgehead atoms. The van der Waals surface area contributed by atoms with E-state index in [1.54, 1.807) is 31.3 Å². The number of hydrogen-bond donors (Lipinski definition) is 3. The van der Waals surface area contributed by atoms with E-state index >= 15 is 0 Å². The zero-order valence-corrected chi connectivity index (χ0v) is 16.3. The third-order valence-electron chi connectivity index (χ3n) is 4.55. The first-order valence-electron chi connectivity index (χ1n) is 9.07. The molecule has 11 heteroatoms. The predicted molar refractivity (Wildman–Crippen MR) is 105 cm³/mol. The molecule has 1 aromatic heterocycles. The summed E-state index contributed by atoms with van der Waals surface area (Å²) in [5.74, 6) is 3.88. The highest BCUT2D eigenvalue weighted by molar-refractivity contribution is 5.96. The molecule has 0 unspecified atom stereocenters. The molecule has 8 nitrogen and oxygen atoms in total. The molecular formula is C20H18F3N5O3. The zero-order valence-electron chi connectivity index (χ0n) is 16.3. The van der Waals surface area contributed by atoms with Crippen molar-refractivity contribution in [1.82, 2.24) is 14.9 Å². The maximum atomic E-state index is 12.4. The summed E-state index contributed by atoms with van der Waals surface area (Å²) in [6.45, 7) is -0.986. The molecule has 1 aromatic carbocycles. The lowest BCUT2D eigenvalue weighted by Gasteiger charge is -2.13. The smallest absolute Gasteiger partial charge is 0.373 e. The lowest BCUT2D eigenvalue weighted by molar-refractivity contribution is -0.137. The first kappa shape index (κ1) is 22.0. The van der Waals surface area contributed by atoms with Crippen molar-refractivity contribution in [3.8, 4) is 23.2 Å². The fourth-order valence-electron chi connectivity index (χ4n) is 2.91. The van der Waals surface area contributed by atoms with Gasteiger partial charge in [0.1, 0.15) is 6.54 Å². The van der Waals surface area contributed by atoms with E-state index in [1.165, 1.54) is 4.90 Å². The van der Waals surface area contributed by atoms with E-state index in [0.717, 1.165) is 6.20 Å². The van der Waals surface area contributed by atoms with Crippen LogP contribution in [0.25, 0.3) is 11.4 Å². The monoisotopic (exact) mass is 433 g/mol. The number of carbonyl (C=O) groups excluding carboxylic acids is 2. The molecule has 31 heavy (non-hydrogen) atoms. The molecule has 2 aromatic rings. The fourth-order valence-corrected chi connectivity index (χ4v) is 2.91. The van der Waals surface area contributed by atoms with Crippen LogP contribution in [0.5, 0.6) is 0 Å². The molecule has 1 aliphatic heterocycles. The summed E-state index contributed by atoms with van der Waals surface area (Å²) in [5.41, 5.74) is 3.72. The van der Waals surface area contributed by atoms with Crippen LogP contribution in [0.1, 0.15) is 22.5 Å². The fraction of sp³-hybridized carbons (Fsp3) is 0.300. The summed E-state index contributed by atoms with van der Waals surface area (Å²) in [5, 5.41) is 12.4. The number of nitrogens with zero attached hydrogens (tertiary/aromatic N) is 3. The van der Waals surface area contributed by atoms with Crippen molar-refractivity contribution in [3.63, 3.8) is 0 Å². The summed E-state index contributed by atoms with van der Waals surface area (Å²) < 4.78 is 37.3. The van der Waals surface area contributed by atoms with Crippen LogP contribution >= 0.6 is 0 Å². The van der Waals surface area contributed by atoms with Crippen LogP contribution in [-0.2, 0) is 4.79 Å². The molecule has 162 valence electrons. The van der Waals surface area contributed by atoms with Gasteiger partial charge in [0.05, 0.1) is 11.9 Å². The van der Waals surface area contributed by atoms with Gasteiger partial charge in [0, 0.05) is 31.1 Å². The quantitative estimate of drug-likeness (QED) is 0.623. The van der Waals surface area contributed by atoms with E-state index in [1.807, 2.05) is 0 Å². The second-order valence-electron chi connectivity index (χ2n) is 6.96. The highest BCUT2D eigenvalue weighted by Crippen LogP contribution is 2.23. The van der Waals surface area contributed by atoms with Gasteiger partial charge in [-0.1, -0.05) is 24.0 Å². The van der Waals surface area contributed by atoms with Crippen LogP contribution in [0.4, 0.5) is 18.9 Å². The van der Waals surface area contributed by atoms with Crippen molar-refractivity contribution in [2.45, 2.75) is 18.2 Å². The van der Waals surface area contributed by atoms with E-state index in [9.17, 15) is 27.9 Å². The number of hydrogen-bond acceptors (Lipinski definition) is 6. The summed E-state index contributed by atoms with van der Waals surface area (Å²) in [6, 6.07) is 6.42. The maximum Gasteiger partial charge on any atom is 0.405 e. The number of primary amides is 1. The van der Waals surface area contributed by atoms with Crippen LogP contribution in [0, 0.1) is 11.8 Å². The van der Waals surface area contributed by atoms with Gasteiger partial charge in [-0.05, 0) is 12.1 Å². The molecule has 1 fully saturated rings. The third kappa shape index (κ3) is 5.10. The van der Waals surface area contributed by atoms with Gasteiger partial charge in [0.2, 0.25) is 5.60 Å². The number of nitrogens with one attached hydrogen (secondary N) is 1. The predicted octanol–water partition coefficient (Wildman–Crippen LogP) is 1.16. The molecule has 1 aliphatic rings. The number of nitrogens with two attached hydrogens (primary N) is 1. The van der Waals surface area contributed by atoms with E-state index in [-0.39, 0.29) is 23.6 Å². The molecule has 0 spiro atoms. The van der Waals surface area contributed by atoms with Gasteiger partial charge in [-0.3, -0.25) is 9.59 Å². The number of aliphatic hydroxyl groups is 1. The van der Waals surface area contributed by atoms with Gasteiger partial charge in [0.25, 0.3) is 11.8 Å². The minimum atomic E-state index is -4.50. The van der Waals surface area contributed by atoms with Crippen molar-refractivity contribution in [2.24, 2.45) is 5.73 Å². The molecule has 0 saturated carbocycles. The molecule has 3 rings (SSSR count). The third-order valence-corrected chi connectivity index (χ3v) is 4.55.